The van der Waals surface area contributed by atoms with Gasteiger partial charge in [-0.2, -0.15) is 0 Å². The highest BCUT2D eigenvalue weighted by molar-refractivity contribution is 5.73. The van der Waals surface area contributed by atoms with Crippen LogP contribution in [0.2, 0.25) is 0 Å². The number of methoxy groups -OCH3 is 1. The van der Waals surface area contributed by atoms with Crippen LogP contribution in [0, 0.1) is 17.8 Å². The monoisotopic (exact) mass is 196 g/mol. The molecule has 0 saturated heterocycles. The molecule has 2 saturated carbocycles. The number of rotatable bonds is 1. The summed E-state index contributed by atoms with van der Waals surface area (Å²) >= 11 is 0. The van der Waals surface area contributed by atoms with Crippen LogP contribution in [0.3, 0.4) is 0 Å². The second-order valence-electron chi connectivity index (χ2n) is 4.77. The highest BCUT2D eigenvalue weighted by atomic mass is 16.5. The van der Waals surface area contributed by atoms with Crippen molar-refractivity contribution in [3.05, 3.63) is 0 Å². The fraction of sp³-hybridized carbons (Fsp3) is 0.917. The van der Waals surface area contributed by atoms with Crippen LogP contribution in [0.1, 0.15) is 44.9 Å². The molecule has 0 aromatic carbocycles. The molecule has 2 fully saturated rings. The zero-order valence-electron chi connectivity index (χ0n) is 9.00. The van der Waals surface area contributed by atoms with E-state index in [9.17, 15) is 4.79 Å². The lowest BCUT2D eigenvalue weighted by Crippen LogP contribution is -2.22. The van der Waals surface area contributed by atoms with Gasteiger partial charge in [0, 0.05) is 0 Å². The molecule has 14 heavy (non-hydrogen) atoms. The molecule has 0 aliphatic heterocycles. The minimum absolute atomic E-state index is 0.0411. The third kappa shape index (κ3) is 1.79. The minimum atomic E-state index is 0.0411. The Bertz CT molecular complexity index is 212. The fourth-order valence-corrected chi connectivity index (χ4v) is 3.35. The number of ether oxygens (including phenoxy) is 1. The molecule has 80 valence electrons. The predicted molar refractivity (Wildman–Crippen MR) is 54.8 cm³/mol. The first-order chi connectivity index (χ1) is 6.83. The first-order valence-corrected chi connectivity index (χ1v) is 5.90. The quantitative estimate of drug-likeness (QED) is 0.603. The van der Waals surface area contributed by atoms with Crippen molar-refractivity contribution in [1.29, 1.82) is 0 Å². The van der Waals surface area contributed by atoms with E-state index in [0.29, 0.717) is 5.92 Å². The number of carbonyl (C=O) groups excluding carboxylic acids is 1. The maximum atomic E-state index is 11.6. The van der Waals surface area contributed by atoms with Gasteiger partial charge in [0.1, 0.15) is 0 Å². The maximum absolute atomic E-state index is 11.6. The number of esters is 1. The van der Waals surface area contributed by atoms with Gasteiger partial charge in [-0.15, -0.1) is 0 Å². The molecule has 2 aliphatic rings. The van der Waals surface area contributed by atoms with Crippen LogP contribution >= 0.6 is 0 Å². The lowest BCUT2D eigenvalue weighted by atomic mass is 9.86. The highest BCUT2D eigenvalue weighted by Gasteiger charge is 2.40. The van der Waals surface area contributed by atoms with Crippen molar-refractivity contribution in [1.82, 2.24) is 0 Å². The van der Waals surface area contributed by atoms with E-state index in [2.05, 4.69) is 0 Å². The van der Waals surface area contributed by atoms with Gasteiger partial charge in [-0.3, -0.25) is 4.79 Å². The lowest BCUT2D eigenvalue weighted by molar-refractivity contribution is -0.147. The number of fused-ring (bicyclic) bond motifs is 1. The summed E-state index contributed by atoms with van der Waals surface area (Å²) in [7, 11) is 1.52. The predicted octanol–water partition coefficient (Wildman–Crippen LogP) is 2.77. The van der Waals surface area contributed by atoms with Crippen molar-refractivity contribution in [2.45, 2.75) is 44.9 Å². The summed E-state index contributed by atoms with van der Waals surface area (Å²) in [5.74, 6) is 1.73. The van der Waals surface area contributed by atoms with Gasteiger partial charge in [-0.1, -0.05) is 25.7 Å². The van der Waals surface area contributed by atoms with E-state index in [1.165, 1.54) is 45.6 Å². The molecule has 2 heteroatoms. The van der Waals surface area contributed by atoms with E-state index in [-0.39, 0.29) is 11.9 Å². The second-order valence-corrected chi connectivity index (χ2v) is 4.77. The van der Waals surface area contributed by atoms with Gasteiger partial charge in [0.2, 0.25) is 0 Å². The Hall–Kier alpha value is -0.530. The Kier molecular flexibility index (Phi) is 3.09. The van der Waals surface area contributed by atoms with Gasteiger partial charge in [-0.25, -0.2) is 0 Å². The van der Waals surface area contributed by atoms with Crippen molar-refractivity contribution in [3.63, 3.8) is 0 Å². The highest BCUT2D eigenvalue weighted by Crippen LogP contribution is 2.45. The van der Waals surface area contributed by atoms with Crippen LogP contribution in [-0.2, 0) is 9.53 Å². The van der Waals surface area contributed by atoms with Crippen LogP contribution in [0.5, 0.6) is 0 Å². The fourth-order valence-electron chi connectivity index (χ4n) is 3.35. The summed E-state index contributed by atoms with van der Waals surface area (Å²) in [6.07, 6.45) is 8.97. The van der Waals surface area contributed by atoms with E-state index in [0.717, 1.165) is 12.3 Å². The van der Waals surface area contributed by atoms with Gasteiger partial charge in [-0.05, 0) is 31.1 Å². The zero-order valence-corrected chi connectivity index (χ0v) is 9.00. The largest absolute Gasteiger partial charge is 0.469 e. The second kappa shape index (κ2) is 4.33. The van der Waals surface area contributed by atoms with Crippen LogP contribution in [-0.4, -0.2) is 13.1 Å². The summed E-state index contributed by atoms with van der Waals surface area (Å²) in [5, 5.41) is 0. The van der Waals surface area contributed by atoms with Gasteiger partial charge in [0.25, 0.3) is 0 Å². The summed E-state index contributed by atoms with van der Waals surface area (Å²) in [5.41, 5.74) is 0. The lowest BCUT2D eigenvalue weighted by Gasteiger charge is -2.20. The smallest absolute Gasteiger partial charge is 0.308 e. The number of hydrogen-bond acceptors (Lipinski definition) is 2. The van der Waals surface area contributed by atoms with E-state index >= 15 is 0 Å². The molecule has 0 radical (unpaired) electrons. The Morgan fingerprint density at radius 3 is 2.64 bits per heavy atom. The normalized spacial score (nSPS) is 37.4. The molecule has 2 aliphatic carbocycles. The molecule has 0 amide bonds. The summed E-state index contributed by atoms with van der Waals surface area (Å²) in [4.78, 5) is 11.6. The average molecular weight is 196 g/mol. The molecule has 2 nitrogen and oxygen atoms in total. The molecule has 0 unspecified atom stereocenters. The van der Waals surface area contributed by atoms with E-state index in [1.807, 2.05) is 0 Å². The van der Waals surface area contributed by atoms with E-state index < -0.39 is 0 Å². The van der Waals surface area contributed by atoms with Gasteiger partial charge in [0.15, 0.2) is 0 Å². The molecule has 0 aromatic heterocycles. The molecule has 0 heterocycles. The van der Waals surface area contributed by atoms with Crippen molar-refractivity contribution in [3.8, 4) is 0 Å². The molecule has 0 N–H and O–H groups in total. The van der Waals surface area contributed by atoms with E-state index in [4.69, 9.17) is 4.74 Å². The zero-order chi connectivity index (χ0) is 9.97. The first-order valence-electron chi connectivity index (χ1n) is 5.90. The van der Waals surface area contributed by atoms with Crippen LogP contribution in [0.4, 0.5) is 0 Å². The average Bonchev–Trinajstić information content (AvgIpc) is 2.46. The Balaban J connectivity index is 2.03. The molecule has 0 bridgehead atoms. The summed E-state index contributed by atoms with van der Waals surface area (Å²) in [6, 6.07) is 0. The maximum Gasteiger partial charge on any atom is 0.308 e. The van der Waals surface area contributed by atoms with Crippen molar-refractivity contribution >= 4 is 5.97 Å². The van der Waals surface area contributed by atoms with Crippen LogP contribution in [0.15, 0.2) is 0 Å². The summed E-state index contributed by atoms with van der Waals surface area (Å²) in [6.45, 7) is 0. The standard InChI is InChI=1S/C12H20O2/c1-14-12(13)11-8-7-9-5-3-2-4-6-10(9)11/h9-11H,2-8H2,1H3/t9-,10-,11+/m0/s1. The Morgan fingerprint density at radius 2 is 1.86 bits per heavy atom. The number of hydrogen-bond donors (Lipinski definition) is 0. The van der Waals surface area contributed by atoms with Gasteiger partial charge < -0.3 is 4.74 Å². The minimum Gasteiger partial charge on any atom is -0.469 e. The van der Waals surface area contributed by atoms with Crippen LogP contribution < -0.4 is 0 Å². The first kappa shape index (κ1) is 10.0. The van der Waals surface area contributed by atoms with E-state index in [1.54, 1.807) is 0 Å². The molecule has 3 atom stereocenters. The molecule has 0 spiro atoms. The van der Waals surface area contributed by atoms with Crippen molar-refractivity contribution in [2.24, 2.45) is 17.8 Å². The number of carbonyl (C=O) groups is 1. The van der Waals surface area contributed by atoms with Crippen molar-refractivity contribution < 1.29 is 9.53 Å². The van der Waals surface area contributed by atoms with Crippen molar-refractivity contribution in [2.75, 3.05) is 7.11 Å². The molecular weight excluding hydrogens is 176 g/mol. The SMILES string of the molecule is COC(=O)[C@@H]1CC[C@@H]2CCCCC[C@@H]21. The summed E-state index contributed by atoms with van der Waals surface area (Å²) < 4.78 is 4.89. The Morgan fingerprint density at radius 1 is 1.07 bits per heavy atom. The van der Waals surface area contributed by atoms with Gasteiger partial charge in [0.05, 0.1) is 13.0 Å². The third-order valence-corrected chi connectivity index (χ3v) is 4.09. The molecule has 2 rings (SSSR count). The van der Waals surface area contributed by atoms with Crippen LogP contribution in [0.25, 0.3) is 0 Å². The third-order valence-electron chi connectivity index (χ3n) is 4.09. The Labute approximate surface area is 86.0 Å². The molecular formula is C12H20O2. The van der Waals surface area contributed by atoms with Gasteiger partial charge >= 0.3 is 5.97 Å². The molecule has 0 aromatic rings. The topological polar surface area (TPSA) is 26.3 Å².